The lowest BCUT2D eigenvalue weighted by atomic mass is 9.70. The summed E-state index contributed by atoms with van der Waals surface area (Å²) in [4.78, 5) is 9.41. The van der Waals surface area contributed by atoms with Crippen LogP contribution in [0.2, 0.25) is 0 Å². The number of benzene rings is 2. The van der Waals surface area contributed by atoms with Crippen LogP contribution in [0, 0.1) is 0 Å². The van der Waals surface area contributed by atoms with Gasteiger partial charge in [0, 0.05) is 23.8 Å². The second kappa shape index (κ2) is 10.2. The van der Waals surface area contributed by atoms with Crippen molar-refractivity contribution < 1.29 is 8.83 Å². The maximum absolute atomic E-state index is 6.38. The molecule has 0 amide bonds. The van der Waals surface area contributed by atoms with E-state index in [1.165, 1.54) is 0 Å². The van der Waals surface area contributed by atoms with Crippen molar-refractivity contribution in [2.75, 3.05) is 5.73 Å². The molecule has 3 aromatic heterocycles. The molecule has 35 heavy (non-hydrogen) atoms. The Labute approximate surface area is 204 Å². The molecule has 180 valence electrons. The van der Waals surface area contributed by atoms with Gasteiger partial charge in [0.25, 0.3) is 0 Å². The fraction of sp³-hybridized carbons (Fsp3) is 0.370. The Morgan fingerprint density at radius 2 is 1.40 bits per heavy atom. The predicted molar refractivity (Wildman–Crippen MR) is 135 cm³/mol. The Bertz CT molecular complexity index is 1270. The lowest BCUT2D eigenvalue weighted by Crippen LogP contribution is -2.30. The van der Waals surface area contributed by atoms with E-state index in [9.17, 15) is 0 Å². The van der Waals surface area contributed by atoms with Gasteiger partial charge in [0.15, 0.2) is 28.8 Å². The van der Waals surface area contributed by atoms with Crippen molar-refractivity contribution in [1.82, 2.24) is 25.4 Å². The molecule has 0 fully saturated rings. The maximum Gasteiger partial charge on any atom is 0.195 e. The van der Waals surface area contributed by atoms with Gasteiger partial charge in [-0.05, 0) is 48.7 Å². The van der Waals surface area contributed by atoms with Gasteiger partial charge in [-0.15, -0.1) is 10.2 Å². The highest BCUT2D eigenvalue weighted by molar-refractivity contribution is 5.72. The second-order valence-corrected chi connectivity index (χ2v) is 9.12. The molecular weight excluding hydrogens is 440 g/mol. The smallest absolute Gasteiger partial charge is 0.195 e. The number of hydrogen-bond acceptors (Lipinski definition) is 8. The van der Waals surface area contributed by atoms with Crippen LogP contribution in [0.25, 0.3) is 22.2 Å². The summed E-state index contributed by atoms with van der Waals surface area (Å²) in [7, 11) is 0. The lowest BCUT2D eigenvalue weighted by molar-refractivity contribution is 0.304. The third kappa shape index (κ3) is 5.01. The summed E-state index contributed by atoms with van der Waals surface area (Å²) in [5.41, 5.74) is 10.4. The minimum absolute atomic E-state index is 0.288. The molecule has 0 atom stereocenters. The molecule has 0 unspecified atom stereocenters. The molecular formula is C27H30N6O2. The van der Waals surface area contributed by atoms with Crippen LogP contribution in [0.15, 0.2) is 63.6 Å². The van der Waals surface area contributed by atoms with Gasteiger partial charge in [-0.25, -0.2) is 9.97 Å². The minimum atomic E-state index is -0.288. The molecule has 0 radical (unpaired) electrons. The van der Waals surface area contributed by atoms with Gasteiger partial charge in [0.2, 0.25) is 0 Å². The molecule has 0 aliphatic carbocycles. The summed E-state index contributed by atoms with van der Waals surface area (Å²) < 4.78 is 12.1. The van der Waals surface area contributed by atoms with Crippen molar-refractivity contribution in [3.63, 3.8) is 0 Å². The van der Waals surface area contributed by atoms with Gasteiger partial charge >= 0.3 is 0 Å². The minimum Gasteiger partial charge on any atom is -0.441 e. The Morgan fingerprint density at radius 3 is 1.94 bits per heavy atom. The molecule has 0 aliphatic heterocycles. The first kappa shape index (κ1) is 23.0. The van der Waals surface area contributed by atoms with Crippen molar-refractivity contribution in [3.8, 4) is 0 Å². The number of nitrogen functional groups attached to an aromatic ring is 1. The zero-order chi connectivity index (χ0) is 24.1. The van der Waals surface area contributed by atoms with E-state index in [4.69, 9.17) is 24.5 Å². The summed E-state index contributed by atoms with van der Waals surface area (Å²) in [5.74, 6) is 1.87. The topological polar surface area (TPSA) is 117 Å². The summed E-state index contributed by atoms with van der Waals surface area (Å²) in [6.45, 7) is 2.21. The molecule has 0 saturated carbocycles. The standard InChI is InChI=1S/C27H30N6O2/c1-2-3-8-15-27(19-18-29-33-32-26(19)28,16-13-24-30-20-9-4-6-11-22(20)34-24)17-14-25-31-21-10-5-7-12-23(21)35-25/h4-7,9-12,18H,2-3,8,13-17H2,1H3,(H2,28,29,32). The normalized spacial score (nSPS) is 12.0. The van der Waals surface area contributed by atoms with E-state index in [1.807, 2.05) is 48.5 Å². The van der Waals surface area contributed by atoms with Crippen molar-refractivity contribution in [2.45, 2.75) is 63.7 Å². The van der Waals surface area contributed by atoms with Crippen LogP contribution in [0.1, 0.15) is 62.8 Å². The van der Waals surface area contributed by atoms with Crippen LogP contribution >= 0.6 is 0 Å². The van der Waals surface area contributed by atoms with E-state index in [0.29, 0.717) is 18.7 Å². The van der Waals surface area contributed by atoms with Crippen LogP contribution in [0.4, 0.5) is 5.82 Å². The first-order valence-electron chi connectivity index (χ1n) is 12.3. The second-order valence-electron chi connectivity index (χ2n) is 9.12. The number of nitrogens with zero attached hydrogens (tertiary/aromatic N) is 5. The molecule has 5 rings (SSSR count). The number of para-hydroxylation sites is 4. The predicted octanol–water partition coefficient (Wildman–Crippen LogP) is 5.82. The van der Waals surface area contributed by atoms with Gasteiger partial charge in [0.1, 0.15) is 11.0 Å². The molecule has 5 aromatic rings. The van der Waals surface area contributed by atoms with E-state index in [-0.39, 0.29) is 5.41 Å². The highest BCUT2D eigenvalue weighted by atomic mass is 16.4. The summed E-state index contributed by atoms with van der Waals surface area (Å²) in [5, 5.41) is 12.0. The fourth-order valence-electron chi connectivity index (χ4n) is 4.92. The molecule has 0 bridgehead atoms. The molecule has 0 spiro atoms. The van der Waals surface area contributed by atoms with Crippen molar-refractivity contribution >= 4 is 28.0 Å². The number of unbranched alkanes of at least 4 members (excludes halogenated alkanes) is 2. The monoisotopic (exact) mass is 470 g/mol. The van der Waals surface area contributed by atoms with Gasteiger partial charge in [0.05, 0.1) is 6.20 Å². The molecule has 8 heteroatoms. The zero-order valence-corrected chi connectivity index (χ0v) is 20.0. The third-order valence-corrected chi connectivity index (χ3v) is 6.81. The molecule has 0 aliphatic rings. The van der Waals surface area contributed by atoms with Gasteiger partial charge in [-0.1, -0.05) is 50.5 Å². The number of oxazole rings is 2. The van der Waals surface area contributed by atoms with E-state index >= 15 is 0 Å². The zero-order valence-electron chi connectivity index (χ0n) is 20.0. The van der Waals surface area contributed by atoms with Crippen molar-refractivity contribution in [3.05, 3.63) is 72.1 Å². The molecule has 2 N–H and O–H groups in total. The van der Waals surface area contributed by atoms with E-state index in [0.717, 1.165) is 78.1 Å². The number of anilines is 1. The van der Waals surface area contributed by atoms with Crippen molar-refractivity contribution in [2.24, 2.45) is 0 Å². The quantitative estimate of drug-likeness (QED) is 0.240. The summed E-state index contributed by atoms with van der Waals surface area (Å²) in [6.07, 6.45) is 8.99. The molecule has 0 saturated heterocycles. The number of nitrogens with two attached hydrogens (primary N) is 1. The Balaban J connectivity index is 1.46. The number of fused-ring (bicyclic) bond motifs is 2. The van der Waals surface area contributed by atoms with Crippen LogP contribution in [-0.2, 0) is 18.3 Å². The highest BCUT2D eigenvalue weighted by Crippen LogP contribution is 2.41. The largest absolute Gasteiger partial charge is 0.441 e. The third-order valence-electron chi connectivity index (χ3n) is 6.81. The first-order chi connectivity index (χ1) is 17.2. The van der Waals surface area contributed by atoms with Crippen LogP contribution in [0.5, 0.6) is 0 Å². The average Bonchev–Trinajstić information content (AvgIpc) is 3.49. The average molecular weight is 471 g/mol. The van der Waals surface area contributed by atoms with Crippen LogP contribution in [0.3, 0.4) is 0 Å². The van der Waals surface area contributed by atoms with E-state index < -0.39 is 0 Å². The van der Waals surface area contributed by atoms with E-state index in [2.05, 4.69) is 22.3 Å². The number of rotatable bonds is 11. The fourth-order valence-corrected chi connectivity index (χ4v) is 4.92. The maximum atomic E-state index is 6.38. The molecule has 8 nitrogen and oxygen atoms in total. The van der Waals surface area contributed by atoms with Gasteiger partial charge in [-0.2, -0.15) is 0 Å². The van der Waals surface area contributed by atoms with Crippen LogP contribution in [-0.4, -0.2) is 25.4 Å². The molecule has 3 heterocycles. The number of aryl methyl sites for hydroxylation is 2. The molecule has 2 aromatic carbocycles. The Morgan fingerprint density at radius 1 is 0.800 bits per heavy atom. The lowest BCUT2D eigenvalue weighted by Gasteiger charge is -2.34. The summed E-state index contributed by atoms with van der Waals surface area (Å²) >= 11 is 0. The van der Waals surface area contributed by atoms with Gasteiger partial charge < -0.3 is 14.6 Å². The number of hydrogen-bond donors (Lipinski definition) is 1. The van der Waals surface area contributed by atoms with Crippen molar-refractivity contribution in [1.29, 1.82) is 0 Å². The highest BCUT2D eigenvalue weighted by Gasteiger charge is 2.35. The first-order valence-corrected chi connectivity index (χ1v) is 12.3. The SMILES string of the molecule is CCCCCC(CCc1nc2ccccc2o1)(CCc1nc2ccccc2o1)c1cnnnc1N. The number of aromatic nitrogens is 5. The Hall–Kier alpha value is -3.81. The van der Waals surface area contributed by atoms with Crippen LogP contribution < -0.4 is 5.73 Å². The Kier molecular flexibility index (Phi) is 6.70. The summed E-state index contributed by atoms with van der Waals surface area (Å²) in [6, 6.07) is 15.7. The van der Waals surface area contributed by atoms with Gasteiger partial charge in [-0.3, -0.25) is 0 Å². The van der Waals surface area contributed by atoms with E-state index in [1.54, 1.807) is 6.20 Å².